The van der Waals surface area contributed by atoms with Crippen molar-refractivity contribution < 1.29 is 0 Å². The van der Waals surface area contributed by atoms with E-state index in [1.54, 1.807) is 0 Å². The van der Waals surface area contributed by atoms with Crippen LogP contribution in [-0.4, -0.2) is 47.1 Å². The SMILES string of the molecule is CC(C)N1CCN(C(C)C)C2(CCCC2)C1. The normalized spacial score (nSPS) is 27.4. The summed E-state index contributed by atoms with van der Waals surface area (Å²) in [6, 6.07) is 1.43. The van der Waals surface area contributed by atoms with E-state index in [-0.39, 0.29) is 0 Å². The molecule has 0 aromatic carbocycles. The van der Waals surface area contributed by atoms with Crippen LogP contribution in [0.1, 0.15) is 53.4 Å². The van der Waals surface area contributed by atoms with Crippen LogP contribution in [0.3, 0.4) is 0 Å². The summed E-state index contributed by atoms with van der Waals surface area (Å²) in [5, 5.41) is 0. The number of piperazine rings is 1. The summed E-state index contributed by atoms with van der Waals surface area (Å²) >= 11 is 0. The molecule has 0 unspecified atom stereocenters. The minimum Gasteiger partial charge on any atom is -0.298 e. The lowest BCUT2D eigenvalue weighted by atomic mass is 9.89. The van der Waals surface area contributed by atoms with Crippen molar-refractivity contribution in [3.8, 4) is 0 Å². The van der Waals surface area contributed by atoms with Crippen LogP contribution in [0.15, 0.2) is 0 Å². The van der Waals surface area contributed by atoms with Crippen LogP contribution in [0.4, 0.5) is 0 Å². The Morgan fingerprint density at radius 2 is 1.50 bits per heavy atom. The summed E-state index contributed by atoms with van der Waals surface area (Å²) < 4.78 is 0. The highest BCUT2D eigenvalue weighted by molar-refractivity contribution is 5.01. The zero-order chi connectivity index (χ0) is 11.8. The number of hydrogen-bond acceptors (Lipinski definition) is 2. The lowest BCUT2D eigenvalue weighted by molar-refractivity contribution is -0.0303. The number of nitrogens with zero attached hydrogens (tertiary/aromatic N) is 2. The molecule has 1 saturated heterocycles. The lowest BCUT2D eigenvalue weighted by Crippen LogP contribution is -2.63. The fraction of sp³-hybridized carbons (Fsp3) is 1.00. The molecule has 0 N–H and O–H groups in total. The van der Waals surface area contributed by atoms with Gasteiger partial charge in [-0.05, 0) is 40.5 Å². The van der Waals surface area contributed by atoms with E-state index in [9.17, 15) is 0 Å². The Kier molecular flexibility index (Phi) is 3.60. The van der Waals surface area contributed by atoms with Gasteiger partial charge in [-0.2, -0.15) is 0 Å². The Morgan fingerprint density at radius 1 is 0.875 bits per heavy atom. The Labute approximate surface area is 101 Å². The van der Waals surface area contributed by atoms with Crippen molar-refractivity contribution in [3.63, 3.8) is 0 Å². The second-order valence-corrected chi connectivity index (χ2v) is 6.28. The molecular formula is C14H28N2. The van der Waals surface area contributed by atoms with Crippen molar-refractivity contribution in [2.75, 3.05) is 19.6 Å². The monoisotopic (exact) mass is 224 g/mol. The van der Waals surface area contributed by atoms with E-state index >= 15 is 0 Å². The molecule has 0 radical (unpaired) electrons. The Bertz CT molecular complexity index is 229. The van der Waals surface area contributed by atoms with Crippen molar-refractivity contribution in [3.05, 3.63) is 0 Å². The van der Waals surface area contributed by atoms with Gasteiger partial charge in [0.25, 0.3) is 0 Å². The summed E-state index contributed by atoms with van der Waals surface area (Å²) in [4.78, 5) is 5.48. The molecule has 0 amide bonds. The summed E-state index contributed by atoms with van der Waals surface area (Å²) in [5.41, 5.74) is 0.524. The molecule has 2 rings (SSSR count). The molecule has 1 aliphatic carbocycles. The molecule has 2 fully saturated rings. The van der Waals surface area contributed by atoms with Crippen molar-refractivity contribution in [2.45, 2.75) is 71.0 Å². The van der Waals surface area contributed by atoms with E-state index in [2.05, 4.69) is 37.5 Å². The van der Waals surface area contributed by atoms with Gasteiger partial charge in [0.15, 0.2) is 0 Å². The highest BCUT2D eigenvalue weighted by Crippen LogP contribution is 2.39. The maximum Gasteiger partial charge on any atom is 0.0339 e. The Hall–Kier alpha value is -0.0800. The fourth-order valence-corrected chi connectivity index (χ4v) is 3.75. The third kappa shape index (κ3) is 2.14. The summed E-state index contributed by atoms with van der Waals surface area (Å²) in [6.07, 6.45) is 5.73. The fourth-order valence-electron chi connectivity index (χ4n) is 3.75. The molecule has 0 aromatic heterocycles. The van der Waals surface area contributed by atoms with Crippen molar-refractivity contribution in [1.29, 1.82) is 0 Å². The molecular weight excluding hydrogens is 196 g/mol. The topological polar surface area (TPSA) is 6.48 Å². The quantitative estimate of drug-likeness (QED) is 0.711. The second-order valence-electron chi connectivity index (χ2n) is 6.28. The highest BCUT2D eigenvalue weighted by Gasteiger charge is 2.44. The zero-order valence-electron chi connectivity index (χ0n) is 11.5. The van der Waals surface area contributed by atoms with E-state index in [1.165, 1.54) is 45.3 Å². The third-order valence-electron chi connectivity index (χ3n) is 4.62. The second kappa shape index (κ2) is 4.66. The van der Waals surface area contributed by atoms with Gasteiger partial charge < -0.3 is 0 Å². The van der Waals surface area contributed by atoms with Gasteiger partial charge in [-0.1, -0.05) is 12.8 Å². The standard InChI is InChI=1S/C14H28N2/c1-12(2)15-9-10-16(13(3)4)14(11-15)7-5-6-8-14/h12-13H,5-11H2,1-4H3. The summed E-state index contributed by atoms with van der Waals surface area (Å²) in [5.74, 6) is 0. The zero-order valence-corrected chi connectivity index (χ0v) is 11.5. The maximum absolute atomic E-state index is 2.79. The van der Waals surface area contributed by atoms with E-state index < -0.39 is 0 Å². The first kappa shape index (κ1) is 12.4. The van der Waals surface area contributed by atoms with Gasteiger partial charge in [-0.15, -0.1) is 0 Å². The molecule has 1 heterocycles. The van der Waals surface area contributed by atoms with Gasteiger partial charge in [0.2, 0.25) is 0 Å². The largest absolute Gasteiger partial charge is 0.298 e. The number of hydrogen-bond donors (Lipinski definition) is 0. The molecule has 2 nitrogen and oxygen atoms in total. The molecule has 94 valence electrons. The van der Waals surface area contributed by atoms with Gasteiger partial charge in [0.1, 0.15) is 0 Å². The van der Waals surface area contributed by atoms with Gasteiger partial charge >= 0.3 is 0 Å². The van der Waals surface area contributed by atoms with Crippen LogP contribution in [0.2, 0.25) is 0 Å². The lowest BCUT2D eigenvalue weighted by Gasteiger charge is -2.52. The van der Waals surface area contributed by atoms with Crippen molar-refractivity contribution in [2.24, 2.45) is 0 Å². The minimum absolute atomic E-state index is 0.524. The van der Waals surface area contributed by atoms with Gasteiger partial charge in [-0.25, -0.2) is 0 Å². The van der Waals surface area contributed by atoms with Gasteiger partial charge in [-0.3, -0.25) is 9.80 Å². The predicted octanol–water partition coefficient (Wildman–Crippen LogP) is 2.73. The molecule has 2 heteroatoms. The van der Waals surface area contributed by atoms with Crippen LogP contribution >= 0.6 is 0 Å². The molecule has 0 atom stereocenters. The van der Waals surface area contributed by atoms with E-state index in [4.69, 9.17) is 0 Å². The Morgan fingerprint density at radius 3 is 2.00 bits per heavy atom. The first-order valence-corrected chi connectivity index (χ1v) is 7.06. The minimum atomic E-state index is 0.524. The Balaban J connectivity index is 2.13. The van der Waals surface area contributed by atoms with Gasteiger partial charge in [0.05, 0.1) is 0 Å². The summed E-state index contributed by atoms with van der Waals surface area (Å²) in [7, 11) is 0. The average molecular weight is 224 g/mol. The van der Waals surface area contributed by atoms with Gasteiger partial charge in [0, 0.05) is 37.3 Å². The molecule has 1 saturated carbocycles. The van der Waals surface area contributed by atoms with Crippen LogP contribution in [0.5, 0.6) is 0 Å². The van der Waals surface area contributed by atoms with Crippen LogP contribution < -0.4 is 0 Å². The molecule has 0 aromatic rings. The molecule has 0 bridgehead atoms. The van der Waals surface area contributed by atoms with E-state index in [0.717, 1.165) is 0 Å². The van der Waals surface area contributed by atoms with Crippen molar-refractivity contribution >= 4 is 0 Å². The maximum atomic E-state index is 2.79. The van der Waals surface area contributed by atoms with Crippen molar-refractivity contribution in [1.82, 2.24) is 9.80 Å². The van der Waals surface area contributed by atoms with Crippen LogP contribution in [0.25, 0.3) is 0 Å². The summed E-state index contributed by atoms with van der Waals surface area (Å²) in [6.45, 7) is 13.3. The third-order valence-corrected chi connectivity index (χ3v) is 4.62. The molecule has 16 heavy (non-hydrogen) atoms. The first-order chi connectivity index (χ1) is 7.55. The molecule has 1 aliphatic heterocycles. The number of rotatable bonds is 2. The molecule has 2 aliphatic rings. The predicted molar refractivity (Wildman–Crippen MR) is 69.8 cm³/mol. The average Bonchev–Trinajstić information content (AvgIpc) is 2.66. The van der Waals surface area contributed by atoms with E-state index in [1.807, 2.05) is 0 Å². The van der Waals surface area contributed by atoms with E-state index in [0.29, 0.717) is 17.6 Å². The smallest absolute Gasteiger partial charge is 0.0339 e. The molecule has 1 spiro atoms. The highest BCUT2D eigenvalue weighted by atomic mass is 15.3. The van der Waals surface area contributed by atoms with Crippen LogP contribution in [-0.2, 0) is 0 Å². The first-order valence-electron chi connectivity index (χ1n) is 7.06. The van der Waals surface area contributed by atoms with Crippen LogP contribution in [0, 0.1) is 0 Å².